The molecule has 2 nitrogen and oxygen atoms in total. The van der Waals surface area contributed by atoms with Crippen LogP contribution in [0.4, 0.5) is 0 Å². The highest BCUT2D eigenvalue weighted by Crippen LogP contribution is 2.39. The minimum atomic E-state index is 0.487. The summed E-state index contributed by atoms with van der Waals surface area (Å²) in [7, 11) is 0. The predicted octanol–water partition coefficient (Wildman–Crippen LogP) is 2.49. The molecule has 2 heteroatoms. The topological polar surface area (TPSA) is 15.3 Å². The third-order valence-corrected chi connectivity index (χ3v) is 4.78. The first-order valence-electron chi connectivity index (χ1n) is 7.03. The van der Waals surface area contributed by atoms with E-state index in [0.29, 0.717) is 5.54 Å². The van der Waals surface area contributed by atoms with Crippen LogP contribution in [0.1, 0.15) is 47.0 Å². The maximum Gasteiger partial charge on any atom is 0.0340 e. The van der Waals surface area contributed by atoms with Gasteiger partial charge in [0.05, 0.1) is 0 Å². The summed E-state index contributed by atoms with van der Waals surface area (Å²) in [5, 5.41) is 3.65. The van der Waals surface area contributed by atoms with Gasteiger partial charge in [-0.25, -0.2) is 0 Å². The Hall–Kier alpha value is -0.0800. The highest BCUT2D eigenvalue weighted by Gasteiger charge is 2.45. The van der Waals surface area contributed by atoms with Crippen molar-refractivity contribution in [2.45, 2.75) is 58.5 Å². The molecule has 0 aromatic carbocycles. The lowest BCUT2D eigenvalue weighted by molar-refractivity contribution is 0.0358. The van der Waals surface area contributed by atoms with Crippen LogP contribution in [0.25, 0.3) is 0 Å². The average molecular weight is 224 g/mol. The Morgan fingerprint density at radius 1 is 1.31 bits per heavy atom. The monoisotopic (exact) mass is 224 g/mol. The van der Waals surface area contributed by atoms with E-state index in [0.717, 1.165) is 17.9 Å². The molecule has 3 unspecified atom stereocenters. The number of hydrogen-bond acceptors (Lipinski definition) is 2. The standard InChI is InChI=1S/C14H28N2/c1-11(2)13(4)16-7-5-6-14(16)8-12(3)9-15-10-14/h11-13,15H,5-10H2,1-4H3. The van der Waals surface area contributed by atoms with E-state index in [1.807, 2.05) is 0 Å². The van der Waals surface area contributed by atoms with Crippen molar-refractivity contribution in [3.8, 4) is 0 Å². The molecule has 0 bridgehead atoms. The van der Waals surface area contributed by atoms with Crippen LogP contribution in [-0.4, -0.2) is 36.1 Å². The molecule has 0 radical (unpaired) electrons. The largest absolute Gasteiger partial charge is 0.315 e. The van der Waals surface area contributed by atoms with Crippen LogP contribution in [0.2, 0.25) is 0 Å². The first-order valence-corrected chi connectivity index (χ1v) is 7.03. The lowest BCUT2D eigenvalue weighted by Crippen LogP contribution is -2.59. The van der Waals surface area contributed by atoms with Gasteiger partial charge in [-0.05, 0) is 51.1 Å². The van der Waals surface area contributed by atoms with Crippen LogP contribution in [0.3, 0.4) is 0 Å². The number of nitrogens with one attached hydrogen (secondary N) is 1. The summed E-state index contributed by atoms with van der Waals surface area (Å²) in [5.74, 6) is 1.61. The molecule has 2 saturated heterocycles. The van der Waals surface area contributed by atoms with Crippen molar-refractivity contribution in [2.75, 3.05) is 19.6 Å². The second-order valence-corrected chi connectivity index (χ2v) is 6.45. The molecule has 1 N–H and O–H groups in total. The highest BCUT2D eigenvalue weighted by molar-refractivity contribution is 5.02. The van der Waals surface area contributed by atoms with E-state index in [1.54, 1.807) is 0 Å². The summed E-state index contributed by atoms with van der Waals surface area (Å²) in [6.07, 6.45) is 4.20. The van der Waals surface area contributed by atoms with Crippen molar-refractivity contribution in [3.63, 3.8) is 0 Å². The zero-order valence-corrected chi connectivity index (χ0v) is 11.4. The summed E-state index contributed by atoms with van der Waals surface area (Å²) < 4.78 is 0. The fraction of sp³-hybridized carbons (Fsp3) is 1.00. The molecule has 2 aliphatic rings. The average Bonchev–Trinajstić information content (AvgIpc) is 2.59. The van der Waals surface area contributed by atoms with Gasteiger partial charge >= 0.3 is 0 Å². The van der Waals surface area contributed by atoms with Crippen molar-refractivity contribution in [1.82, 2.24) is 10.2 Å². The first kappa shape index (κ1) is 12.4. The summed E-state index contributed by atoms with van der Waals surface area (Å²) in [4.78, 5) is 2.81. The molecule has 3 atom stereocenters. The van der Waals surface area contributed by atoms with E-state index in [4.69, 9.17) is 0 Å². The van der Waals surface area contributed by atoms with E-state index in [2.05, 4.69) is 37.9 Å². The van der Waals surface area contributed by atoms with Crippen molar-refractivity contribution < 1.29 is 0 Å². The third-order valence-electron chi connectivity index (χ3n) is 4.78. The number of hydrogen-bond donors (Lipinski definition) is 1. The fourth-order valence-corrected chi connectivity index (χ4v) is 3.71. The van der Waals surface area contributed by atoms with Crippen molar-refractivity contribution in [3.05, 3.63) is 0 Å². The number of piperidine rings is 1. The van der Waals surface area contributed by atoms with Gasteiger partial charge in [-0.15, -0.1) is 0 Å². The quantitative estimate of drug-likeness (QED) is 0.775. The van der Waals surface area contributed by atoms with E-state index < -0.39 is 0 Å². The summed E-state index contributed by atoms with van der Waals surface area (Å²) in [6, 6.07) is 0.731. The minimum Gasteiger partial charge on any atom is -0.315 e. The molecule has 2 heterocycles. The van der Waals surface area contributed by atoms with Crippen LogP contribution in [0.15, 0.2) is 0 Å². The molecule has 2 fully saturated rings. The van der Waals surface area contributed by atoms with Crippen LogP contribution in [0.5, 0.6) is 0 Å². The summed E-state index contributed by atoms with van der Waals surface area (Å²) in [6.45, 7) is 13.3. The molecule has 0 aromatic heterocycles. The van der Waals surface area contributed by atoms with E-state index in [9.17, 15) is 0 Å². The zero-order valence-electron chi connectivity index (χ0n) is 11.4. The molecule has 0 amide bonds. The maximum absolute atomic E-state index is 3.65. The maximum atomic E-state index is 3.65. The molecule has 0 saturated carbocycles. The van der Waals surface area contributed by atoms with Crippen molar-refractivity contribution >= 4 is 0 Å². The first-order chi connectivity index (χ1) is 7.55. The Balaban J connectivity index is 2.12. The summed E-state index contributed by atoms with van der Waals surface area (Å²) >= 11 is 0. The highest BCUT2D eigenvalue weighted by atomic mass is 15.3. The van der Waals surface area contributed by atoms with E-state index >= 15 is 0 Å². The molecule has 0 aliphatic carbocycles. The third kappa shape index (κ3) is 2.14. The molecule has 0 aromatic rings. The van der Waals surface area contributed by atoms with Crippen LogP contribution < -0.4 is 5.32 Å². The molecule has 2 aliphatic heterocycles. The van der Waals surface area contributed by atoms with Crippen molar-refractivity contribution in [2.24, 2.45) is 11.8 Å². The van der Waals surface area contributed by atoms with Crippen molar-refractivity contribution in [1.29, 1.82) is 0 Å². The van der Waals surface area contributed by atoms with E-state index in [-0.39, 0.29) is 0 Å². The lowest BCUT2D eigenvalue weighted by atomic mass is 9.81. The Morgan fingerprint density at radius 3 is 2.69 bits per heavy atom. The second-order valence-electron chi connectivity index (χ2n) is 6.45. The Kier molecular flexibility index (Phi) is 3.60. The fourth-order valence-electron chi connectivity index (χ4n) is 3.71. The van der Waals surface area contributed by atoms with Gasteiger partial charge in [-0.1, -0.05) is 20.8 Å². The molecule has 2 rings (SSSR count). The number of likely N-dealkylation sites (tertiary alicyclic amines) is 1. The molecule has 16 heavy (non-hydrogen) atoms. The van der Waals surface area contributed by atoms with E-state index in [1.165, 1.54) is 38.9 Å². The predicted molar refractivity (Wildman–Crippen MR) is 69.6 cm³/mol. The lowest BCUT2D eigenvalue weighted by Gasteiger charge is -2.47. The summed E-state index contributed by atoms with van der Waals surface area (Å²) in [5.41, 5.74) is 0.487. The minimum absolute atomic E-state index is 0.487. The van der Waals surface area contributed by atoms with Crippen LogP contribution in [-0.2, 0) is 0 Å². The van der Waals surface area contributed by atoms with Crippen LogP contribution >= 0.6 is 0 Å². The van der Waals surface area contributed by atoms with Gasteiger partial charge in [0.1, 0.15) is 0 Å². The van der Waals surface area contributed by atoms with Gasteiger partial charge in [0, 0.05) is 18.1 Å². The molecular weight excluding hydrogens is 196 g/mol. The zero-order chi connectivity index (χ0) is 11.8. The Morgan fingerprint density at radius 2 is 2.06 bits per heavy atom. The van der Waals surface area contributed by atoms with Gasteiger partial charge < -0.3 is 5.32 Å². The smallest absolute Gasteiger partial charge is 0.0340 e. The Labute approximate surface area is 101 Å². The Bertz CT molecular complexity index is 239. The second kappa shape index (κ2) is 4.66. The molecule has 1 spiro atoms. The van der Waals surface area contributed by atoms with Gasteiger partial charge in [0.25, 0.3) is 0 Å². The van der Waals surface area contributed by atoms with Gasteiger partial charge in [0.2, 0.25) is 0 Å². The van der Waals surface area contributed by atoms with Crippen LogP contribution in [0, 0.1) is 11.8 Å². The van der Waals surface area contributed by atoms with Gasteiger partial charge in [0.15, 0.2) is 0 Å². The normalized spacial score (nSPS) is 38.4. The number of rotatable bonds is 2. The number of nitrogens with zero attached hydrogens (tertiary/aromatic N) is 1. The SMILES string of the molecule is CC1CNCC2(CCCN2C(C)C(C)C)C1. The van der Waals surface area contributed by atoms with Gasteiger partial charge in [-0.3, -0.25) is 4.90 Å². The van der Waals surface area contributed by atoms with Gasteiger partial charge in [-0.2, -0.15) is 0 Å². The molecular formula is C14H28N2. The molecule has 94 valence electrons.